The van der Waals surface area contributed by atoms with E-state index < -0.39 is 6.10 Å². The van der Waals surface area contributed by atoms with Gasteiger partial charge in [-0.25, -0.2) is 4.98 Å². The van der Waals surface area contributed by atoms with Crippen LogP contribution in [0, 0.1) is 0 Å². The first-order valence-electron chi connectivity index (χ1n) is 7.27. The van der Waals surface area contributed by atoms with E-state index in [-0.39, 0.29) is 13.2 Å². The fourth-order valence-electron chi connectivity index (χ4n) is 2.19. The maximum Gasteiger partial charge on any atom is 0.227 e. The average molecular weight is 314 g/mol. The first-order valence-corrected chi connectivity index (χ1v) is 7.27. The zero-order chi connectivity index (χ0) is 16.2. The first kappa shape index (κ1) is 15.3. The van der Waals surface area contributed by atoms with Crippen LogP contribution in [0.25, 0.3) is 22.6 Å². The van der Waals surface area contributed by atoms with Gasteiger partial charge >= 0.3 is 0 Å². The zero-order valence-electron chi connectivity index (χ0n) is 12.7. The number of nitrogens with one attached hydrogen (secondary N) is 1. The maximum atomic E-state index is 9.37. The Hall–Kier alpha value is -2.57. The van der Waals surface area contributed by atoms with Crippen LogP contribution in [0.2, 0.25) is 0 Å². The number of aliphatic hydroxyl groups excluding tert-OH is 2. The molecule has 1 atom stereocenters. The van der Waals surface area contributed by atoms with Gasteiger partial charge in [0.25, 0.3) is 0 Å². The van der Waals surface area contributed by atoms with E-state index >= 15 is 0 Å². The van der Waals surface area contributed by atoms with Crippen LogP contribution in [-0.2, 0) is 0 Å². The molecule has 1 heterocycles. The molecule has 0 radical (unpaired) electrons. The normalized spacial score (nSPS) is 12.3. The predicted molar refractivity (Wildman–Crippen MR) is 87.6 cm³/mol. The lowest BCUT2D eigenvalue weighted by Crippen LogP contribution is -2.22. The Kier molecular flexibility index (Phi) is 4.45. The number of hydrogen-bond donors (Lipinski definition) is 3. The highest BCUT2D eigenvalue weighted by molar-refractivity contribution is 5.80. The van der Waals surface area contributed by atoms with Crippen molar-refractivity contribution in [2.75, 3.05) is 25.6 Å². The Morgan fingerprint density at radius 3 is 2.70 bits per heavy atom. The lowest BCUT2D eigenvalue weighted by molar-refractivity contribution is 0.105. The second kappa shape index (κ2) is 6.68. The van der Waals surface area contributed by atoms with Crippen molar-refractivity contribution in [2.45, 2.75) is 6.10 Å². The highest BCUT2D eigenvalue weighted by Crippen LogP contribution is 2.27. The van der Waals surface area contributed by atoms with Crippen LogP contribution < -0.4 is 10.1 Å². The summed E-state index contributed by atoms with van der Waals surface area (Å²) in [5, 5.41) is 21.2. The third-order valence-electron chi connectivity index (χ3n) is 3.48. The Morgan fingerprint density at radius 2 is 2.00 bits per heavy atom. The monoisotopic (exact) mass is 314 g/mol. The van der Waals surface area contributed by atoms with Gasteiger partial charge < -0.3 is 24.7 Å². The average Bonchev–Trinajstić information content (AvgIpc) is 3.03. The number of oxazole rings is 1. The van der Waals surface area contributed by atoms with Gasteiger partial charge in [-0.1, -0.05) is 0 Å². The van der Waals surface area contributed by atoms with Gasteiger partial charge in [0.05, 0.1) is 19.8 Å². The number of nitrogens with zero attached hydrogens (tertiary/aromatic N) is 1. The Labute approximate surface area is 133 Å². The Balaban J connectivity index is 1.83. The van der Waals surface area contributed by atoms with Crippen LogP contribution in [0.5, 0.6) is 5.75 Å². The summed E-state index contributed by atoms with van der Waals surface area (Å²) in [7, 11) is 1.62. The van der Waals surface area contributed by atoms with E-state index in [0.29, 0.717) is 11.5 Å². The standard InChI is InChI=1S/C17H18N2O4/c1-22-14-5-2-11(3-6-14)17-19-15-8-12(4-7-16(15)23-17)18-9-13(21)10-20/h2-8,13,18,20-21H,9-10H2,1H3. The number of anilines is 1. The SMILES string of the molecule is COc1ccc(-c2nc3cc(NCC(O)CO)ccc3o2)cc1. The number of rotatable bonds is 6. The summed E-state index contributed by atoms with van der Waals surface area (Å²) in [4.78, 5) is 4.49. The van der Waals surface area contributed by atoms with Crippen LogP contribution in [-0.4, -0.2) is 41.6 Å². The number of hydrogen-bond acceptors (Lipinski definition) is 6. The lowest BCUT2D eigenvalue weighted by Gasteiger charge is -2.09. The summed E-state index contributed by atoms with van der Waals surface area (Å²) >= 11 is 0. The van der Waals surface area contributed by atoms with Crippen molar-refractivity contribution in [1.29, 1.82) is 0 Å². The molecule has 6 heteroatoms. The topological polar surface area (TPSA) is 87.8 Å². The van der Waals surface area contributed by atoms with Crippen LogP contribution in [0.3, 0.4) is 0 Å². The predicted octanol–water partition coefficient (Wildman–Crippen LogP) is 2.27. The van der Waals surface area contributed by atoms with Crippen molar-refractivity contribution in [3.05, 3.63) is 42.5 Å². The Bertz CT molecular complexity index is 783. The van der Waals surface area contributed by atoms with Gasteiger partial charge in [-0.3, -0.25) is 0 Å². The smallest absolute Gasteiger partial charge is 0.227 e. The summed E-state index contributed by atoms with van der Waals surface area (Å²) in [6.07, 6.45) is -0.794. The van der Waals surface area contributed by atoms with Gasteiger partial charge in [0.15, 0.2) is 5.58 Å². The minimum atomic E-state index is -0.794. The van der Waals surface area contributed by atoms with E-state index in [1.165, 1.54) is 0 Å². The van der Waals surface area contributed by atoms with Crippen molar-refractivity contribution in [1.82, 2.24) is 4.98 Å². The van der Waals surface area contributed by atoms with Gasteiger partial charge in [-0.15, -0.1) is 0 Å². The van der Waals surface area contributed by atoms with E-state index in [9.17, 15) is 5.11 Å². The summed E-state index contributed by atoms with van der Waals surface area (Å²) in [5.41, 5.74) is 3.08. The first-order chi connectivity index (χ1) is 11.2. The van der Waals surface area contributed by atoms with E-state index in [0.717, 1.165) is 22.5 Å². The molecule has 0 bridgehead atoms. The van der Waals surface area contributed by atoms with Gasteiger partial charge in [-0.05, 0) is 42.5 Å². The van der Waals surface area contributed by atoms with E-state index in [1.807, 2.05) is 42.5 Å². The number of aliphatic hydroxyl groups is 2. The molecule has 6 nitrogen and oxygen atoms in total. The third kappa shape index (κ3) is 3.44. The van der Waals surface area contributed by atoms with Crippen molar-refractivity contribution in [3.8, 4) is 17.2 Å². The molecule has 3 N–H and O–H groups in total. The molecule has 0 amide bonds. The molecule has 0 saturated heterocycles. The number of methoxy groups -OCH3 is 1. The van der Waals surface area contributed by atoms with Crippen molar-refractivity contribution < 1.29 is 19.4 Å². The van der Waals surface area contributed by atoms with Crippen molar-refractivity contribution in [3.63, 3.8) is 0 Å². The fraction of sp³-hybridized carbons (Fsp3) is 0.235. The number of benzene rings is 2. The summed E-state index contributed by atoms with van der Waals surface area (Å²) in [5.74, 6) is 1.31. The third-order valence-corrected chi connectivity index (χ3v) is 3.48. The molecule has 3 rings (SSSR count). The molecule has 1 unspecified atom stereocenters. The summed E-state index contributed by atoms with van der Waals surface area (Å²) in [6.45, 7) is -0.00792. The molecule has 1 aromatic heterocycles. The molecule has 120 valence electrons. The molecule has 0 aliphatic heterocycles. The number of aromatic nitrogens is 1. The minimum absolute atomic E-state index is 0.269. The van der Waals surface area contributed by atoms with E-state index in [4.69, 9.17) is 14.3 Å². The van der Waals surface area contributed by atoms with E-state index in [2.05, 4.69) is 10.3 Å². The molecule has 23 heavy (non-hydrogen) atoms. The largest absolute Gasteiger partial charge is 0.497 e. The minimum Gasteiger partial charge on any atom is -0.497 e. The Morgan fingerprint density at radius 1 is 1.22 bits per heavy atom. The fourth-order valence-corrected chi connectivity index (χ4v) is 2.19. The molecule has 0 fully saturated rings. The summed E-state index contributed by atoms with van der Waals surface area (Å²) in [6, 6.07) is 13.0. The summed E-state index contributed by atoms with van der Waals surface area (Å²) < 4.78 is 10.9. The molecular formula is C17H18N2O4. The van der Waals surface area contributed by atoms with Crippen molar-refractivity contribution >= 4 is 16.8 Å². The number of fused-ring (bicyclic) bond motifs is 1. The number of ether oxygens (including phenoxy) is 1. The second-order valence-electron chi connectivity index (χ2n) is 5.15. The molecule has 3 aromatic rings. The zero-order valence-corrected chi connectivity index (χ0v) is 12.7. The van der Waals surface area contributed by atoms with Crippen LogP contribution >= 0.6 is 0 Å². The molecule has 0 spiro atoms. The van der Waals surface area contributed by atoms with Crippen LogP contribution in [0.1, 0.15) is 0 Å². The molecule has 0 aliphatic carbocycles. The van der Waals surface area contributed by atoms with Gasteiger partial charge in [0.1, 0.15) is 11.3 Å². The molecule has 2 aromatic carbocycles. The molecular weight excluding hydrogens is 296 g/mol. The highest BCUT2D eigenvalue weighted by Gasteiger charge is 2.09. The van der Waals surface area contributed by atoms with Crippen LogP contribution in [0.4, 0.5) is 5.69 Å². The maximum absolute atomic E-state index is 9.37. The van der Waals surface area contributed by atoms with Gasteiger partial charge in [-0.2, -0.15) is 0 Å². The van der Waals surface area contributed by atoms with E-state index in [1.54, 1.807) is 7.11 Å². The second-order valence-corrected chi connectivity index (χ2v) is 5.15. The molecule has 0 saturated carbocycles. The molecule has 0 aliphatic rings. The quantitative estimate of drug-likeness (QED) is 0.647. The highest BCUT2D eigenvalue weighted by atomic mass is 16.5. The van der Waals surface area contributed by atoms with Crippen molar-refractivity contribution in [2.24, 2.45) is 0 Å². The van der Waals surface area contributed by atoms with Gasteiger partial charge in [0.2, 0.25) is 5.89 Å². The van der Waals surface area contributed by atoms with Crippen LogP contribution in [0.15, 0.2) is 46.9 Å². The van der Waals surface area contributed by atoms with Gasteiger partial charge in [0, 0.05) is 17.8 Å². The lowest BCUT2D eigenvalue weighted by atomic mass is 10.2.